The van der Waals surface area contributed by atoms with Crippen LogP contribution in [0.4, 0.5) is 20.2 Å². The predicted molar refractivity (Wildman–Crippen MR) is 121 cm³/mol. The second-order valence-electron chi connectivity index (χ2n) is 7.45. The van der Waals surface area contributed by atoms with Crippen LogP contribution in [0.15, 0.2) is 36.5 Å². The van der Waals surface area contributed by atoms with Gasteiger partial charge < -0.3 is 14.8 Å². The molecule has 8 heteroatoms. The summed E-state index contributed by atoms with van der Waals surface area (Å²) in [5.41, 5.74) is 1.30. The summed E-state index contributed by atoms with van der Waals surface area (Å²) in [7, 11) is 2.53. The number of halogens is 3. The van der Waals surface area contributed by atoms with E-state index >= 15 is 4.39 Å². The second kappa shape index (κ2) is 9.53. The fourth-order valence-electron chi connectivity index (χ4n) is 3.46. The van der Waals surface area contributed by atoms with Gasteiger partial charge in [-0.2, -0.15) is 0 Å². The number of nitrogens with one attached hydrogen (secondary N) is 1. The number of benzene rings is 2. The number of hydrogen-bond donors (Lipinski definition) is 1. The lowest BCUT2D eigenvalue weighted by molar-refractivity contribution is 0.0601. The maximum atomic E-state index is 16.0. The van der Waals surface area contributed by atoms with Gasteiger partial charge in [0.05, 0.1) is 47.4 Å². The molecule has 0 radical (unpaired) electrons. The molecule has 5 nitrogen and oxygen atoms in total. The molecule has 1 N–H and O–H groups in total. The van der Waals surface area contributed by atoms with Gasteiger partial charge in [-0.3, -0.25) is 4.98 Å². The minimum Gasteiger partial charge on any atom is -0.496 e. The van der Waals surface area contributed by atoms with E-state index < -0.39 is 17.6 Å². The largest absolute Gasteiger partial charge is 0.496 e. The Morgan fingerprint density at radius 2 is 1.84 bits per heavy atom. The number of anilines is 2. The molecule has 1 aromatic heterocycles. The average molecular weight is 461 g/mol. The summed E-state index contributed by atoms with van der Waals surface area (Å²) in [5, 5.41) is 2.85. The number of hydrogen-bond acceptors (Lipinski definition) is 5. The summed E-state index contributed by atoms with van der Waals surface area (Å²) >= 11 is 6.35. The molecule has 3 aromatic rings. The summed E-state index contributed by atoms with van der Waals surface area (Å²) < 4.78 is 40.9. The van der Waals surface area contributed by atoms with Gasteiger partial charge in [-0.15, -0.1) is 0 Å². The minimum atomic E-state index is -0.917. The molecule has 1 heterocycles. The van der Waals surface area contributed by atoms with Crippen molar-refractivity contribution in [3.8, 4) is 16.9 Å². The van der Waals surface area contributed by atoms with Crippen molar-refractivity contribution >= 4 is 28.9 Å². The number of rotatable bonds is 6. The molecule has 0 aliphatic heterocycles. The molecule has 0 atom stereocenters. The van der Waals surface area contributed by atoms with Crippen LogP contribution in [0, 0.1) is 18.6 Å². The highest BCUT2D eigenvalue weighted by Gasteiger charge is 2.27. The Morgan fingerprint density at radius 1 is 1.12 bits per heavy atom. The Balaban J connectivity index is 2.34. The van der Waals surface area contributed by atoms with Crippen LogP contribution in [-0.4, -0.2) is 25.2 Å². The van der Waals surface area contributed by atoms with E-state index in [-0.39, 0.29) is 39.1 Å². The minimum absolute atomic E-state index is 0.0143. The molecule has 3 rings (SSSR count). The van der Waals surface area contributed by atoms with Crippen LogP contribution in [0.5, 0.6) is 5.75 Å². The Hall–Kier alpha value is -3.19. The highest BCUT2D eigenvalue weighted by molar-refractivity contribution is 6.34. The Morgan fingerprint density at radius 3 is 2.47 bits per heavy atom. The summed E-state index contributed by atoms with van der Waals surface area (Å²) in [5.74, 6) is -2.32. The van der Waals surface area contributed by atoms with E-state index in [2.05, 4.69) is 10.3 Å². The molecular weight excluding hydrogens is 438 g/mol. The molecule has 2 aromatic carbocycles. The summed E-state index contributed by atoms with van der Waals surface area (Å²) in [6.45, 7) is 5.73. The number of ether oxygens (including phenoxy) is 2. The molecule has 0 bridgehead atoms. The van der Waals surface area contributed by atoms with Crippen LogP contribution in [0.2, 0.25) is 5.02 Å². The number of methoxy groups -OCH3 is 2. The number of esters is 1. The fourth-order valence-corrected chi connectivity index (χ4v) is 3.75. The quantitative estimate of drug-likeness (QED) is 0.417. The van der Waals surface area contributed by atoms with Crippen molar-refractivity contribution < 1.29 is 23.0 Å². The molecule has 0 saturated heterocycles. The molecule has 0 aliphatic rings. The van der Waals surface area contributed by atoms with Crippen LogP contribution in [0.1, 0.15) is 41.4 Å². The smallest absolute Gasteiger partial charge is 0.340 e. The Kier molecular flexibility index (Phi) is 6.99. The number of pyridine rings is 1. The average Bonchev–Trinajstić information content (AvgIpc) is 2.76. The van der Waals surface area contributed by atoms with Gasteiger partial charge in [0, 0.05) is 11.8 Å². The maximum absolute atomic E-state index is 16.0. The number of nitrogens with zero attached hydrogens (tertiary/aromatic N) is 1. The van der Waals surface area contributed by atoms with Crippen LogP contribution in [0.3, 0.4) is 0 Å². The third-order valence-electron chi connectivity index (χ3n) is 5.05. The van der Waals surface area contributed by atoms with Crippen LogP contribution in [-0.2, 0) is 4.74 Å². The second-order valence-corrected chi connectivity index (χ2v) is 7.85. The van der Waals surface area contributed by atoms with Gasteiger partial charge in [-0.25, -0.2) is 13.6 Å². The third kappa shape index (κ3) is 4.25. The first-order valence-corrected chi connectivity index (χ1v) is 10.2. The van der Waals surface area contributed by atoms with Crippen molar-refractivity contribution in [1.82, 2.24) is 4.98 Å². The predicted octanol–water partition coefficient (Wildman–Crippen LogP) is 6.65. The van der Waals surface area contributed by atoms with Gasteiger partial charge in [0.2, 0.25) is 0 Å². The van der Waals surface area contributed by atoms with Crippen molar-refractivity contribution in [2.75, 3.05) is 19.5 Å². The highest BCUT2D eigenvalue weighted by Crippen LogP contribution is 2.43. The van der Waals surface area contributed by atoms with Gasteiger partial charge in [0.1, 0.15) is 11.6 Å². The maximum Gasteiger partial charge on any atom is 0.340 e. The first-order valence-electron chi connectivity index (χ1n) is 9.86. The lowest BCUT2D eigenvalue weighted by atomic mass is 9.98. The van der Waals surface area contributed by atoms with Crippen LogP contribution < -0.4 is 10.1 Å². The molecule has 0 amide bonds. The zero-order valence-electron chi connectivity index (χ0n) is 18.3. The zero-order chi connectivity index (χ0) is 23.6. The van der Waals surface area contributed by atoms with E-state index in [1.54, 1.807) is 12.3 Å². The lowest BCUT2D eigenvalue weighted by Crippen LogP contribution is -2.12. The topological polar surface area (TPSA) is 60.5 Å². The van der Waals surface area contributed by atoms with Gasteiger partial charge in [0.25, 0.3) is 0 Å². The summed E-state index contributed by atoms with van der Waals surface area (Å²) in [6, 6.07) is 7.13. The molecule has 0 fully saturated rings. The first kappa shape index (κ1) is 23.5. The molecule has 168 valence electrons. The summed E-state index contributed by atoms with van der Waals surface area (Å²) in [4.78, 5) is 16.9. The number of aromatic nitrogens is 1. The van der Waals surface area contributed by atoms with E-state index in [1.807, 2.05) is 20.8 Å². The standard InChI is InChI=1S/C24H23ClF2N2O3/c1-12(2)21-22(13(3)9-10-28-21)29-23-14(24(30)32-5)11-15(25)18(20(23)27)19-16(26)7-6-8-17(19)31-4/h6-12,29H,1-5H3. The monoisotopic (exact) mass is 460 g/mol. The SMILES string of the molecule is COC(=O)c1cc(Cl)c(-c2c(F)cccc2OC)c(F)c1Nc1c(C)ccnc1C(C)C. The van der Waals surface area contributed by atoms with Crippen molar-refractivity contribution in [2.24, 2.45) is 0 Å². The number of carbonyl (C=O) groups excluding carboxylic acids is 1. The number of aryl methyl sites for hydroxylation is 1. The van der Waals surface area contributed by atoms with E-state index in [9.17, 15) is 9.18 Å². The molecule has 0 unspecified atom stereocenters. The highest BCUT2D eigenvalue weighted by atomic mass is 35.5. The first-order chi connectivity index (χ1) is 15.2. The van der Waals surface area contributed by atoms with Crippen LogP contribution >= 0.6 is 11.6 Å². The van der Waals surface area contributed by atoms with Crippen molar-refractivity contribution in [1.29, 1.82) is 0 Å². The van der Waals surface area contributed by atoms with Crippen molar-refractivity contribution in [3.05, 3.63) is 70.0 Å². The zero-order valence-corrected chi connectivity index (χ0v) is 19.1. The van der Waals surface area contributed by atoms with Gasteiger partial charge in [-0.05, 0) is 42.7 Å². The Labute approximate surface area is 190 Å². The van der Waals surface area contributed by atoms with Gasteiger partial charge in [-0.1, -0.05) is 31.5 Å². The lowest BCUT2D eigenvalue weighted by Gasteiger charge is -2.21. The molecule has 0 aliphatic carbocycles. The van der Waals surface area contributed by atoms with Gasteiger partial charge >= 0.3 is 5.97 Å². The normalized spacial score (nSPS) is 10.9. The molecule has 0 spiro atoms. The van der Waals surface area contributed by atoms with E-state index in [0.29, 0.717) is 11.4 Å². The molecule has 0 saturated carbocycles. The van der Waals surface area contributed by atoms with E-state index in [0.717, 1.165) is 5.56 Å². The Bertz CT molecular complexity index is 1180. The molecular formula is C24H23ClF2N2O3. The molecule has 32 heavy (non-hydrogen) atoms. The number of carbonyl (C=O) groups is 1. The van der Waals surface area contributed by atoms with E-state index in [1.165, 1.54) is 38.5 Å². The van der Waals surface area contributed by atoms with Crippen LogP contribution in [0.25, 0.3) is 11.1 Å². The van der Waals surface area contributed by atoms with Gasteiger partial charge in [0.15, 0.2) is 5.82 Å². The van der Waals surface area contributed by atoms with Crippen molar-refractivity contribution in [2.45, 2.75) is 26.7 Å². The summed E-state index contributed by atoms with van der Waals surface area (Å²) in [6.07, 6.45) is 1.66. The third-order valence-corrected chi connectivity index (χ3v) is 5.35. The van der Waals surface area contributed by atoms with Crippen molar-refractivity contribution in [3.63, 3.8) is 0 Å². The fraction of sp³-hybridized carbons (Fsp3) is 0.250. The van der Waals surface area contributed by atoms with E-state index in [4.69, 9.17) is 21.1 Å².